The zero-order valence-electron chi connectivity index (χ0n) is 15.4. The van der Waals surface area contributed by atoms with E-state index in [0.717, 1.165) is 6.42 Å². The van der Waals surface area contributed by atoms with Crippen LogP contribution in [-0.4, -0.2) is 30.2 Å². The molecule has 0 fully saturated rings. The minimum atomic E-state index is -0.587. The first-order valence-electron chi connectivity index (χ1n) is 8.48. The number of nitrogens with one attached hydrogen (secondary N) is 2. The van der Waals surface area contributed by atoms with Crippen LogP contribution in [0.3, 0.4) is 0 Å². The Morgan fingerprint density at radius 3 is 2.29 bits per heavy atom. The molecule has 0 aliphatic carbocycles. The largest absolute Gasteiger partial charge is 0.444 e. The Bertz CT molecular complexity index is 521. The molecule has 0 aliphatic heterocycles. The fourth-order valence-electron chi connectivity index (χ4n) is 2.25. The Morgan fingerprint density at radius 1 is 1.12 bits per heavy atom. The summed E-state index contributed by atoms with van der Waals surface area (Å²) in [6.07, 6.45) is 0.760. The van der Waals surface area contributed by atoms with Gasteiger partial charge in [-0.15, -0.1) is 0 Å². The maximum absolute atomic E-state index is 12.4. The van der Waals surface area contributed by atoms with E-state index in [-0.39, 0.29) is 11.8 Å². The molecule has 134 valence electrons. The summed E-state index contributed by atoms with van der Waals surface area (Å²) in [7, 11) is 0. The second-order valence-corrected chi connectivity index (χ2v) is 7.35. The zero-order chi connectivity index (χ0) is 18.2. The fraction of sp³-hybridized carbons (Fsp3) is 0.579. The third-order valence-corrected chi connectivity index (χ3v) is 3.27. The maximum Gasteiger partial charge on any atom is 0.408 e. The van der Waals surface area contributed by atoms with E-state index in [4.69, 9.17) is 4.74 Å². The Morgan fingerprint density at radius 2 is 1.75 bits per heavy atom. The summed E-state index contributed by atoms with van der Waals surface area (Å²) in [5, 5.41) is 5.58. The van der Waals surface area contributed by atoms with E-state index in [1.54, 1.807) is 20.8 Å². The highest BCUT2D eigenvalue weighted by atomic mass is 16.6. The van der Waals surface area contributed by atoms with Crippen LogP contribution < -0.4 is 10.6 Å². The summed E-state index contributed by atoms with van der Waals surface area (Å²) in [4.78, 5) is 24.3. The molecule has 0 spiro atoms. The molecule has 24 heavy (non-hydrogen) atoms. The van der Waals surface area contributed by atoms with Crippen LogP contribution in [0.25, 0.3) is 0 Å². The van der Waals surface area contributed by atoms with E-state index >= 15 is 0 Å². The quantitative estimate of drug-likeness (QED) is 0.804. The van der Waals surface area contributed by atoms with Gasteiger partial charge in [0.2, 0.25) is 5.91 Å². The molecule has 5 nitrogen and oxygen atoms in total. The Kier molecular flexibility index (Phi) is 7.75. The summed E-state index contributed by atoms with van der Waals surface area (Å²) in [5.74, 6) is 0.107. The lowest BCUT2D eigenvalue weighted by Crippen LogP contribution is -2.49. The first-order valence-corrected chi connectivity index (χ1v) is 8.48. The zero-order valence-corrected chi connectivity index (χ0v) is 15.4. The van der Waals surface area contributed by atoms with Gasteiger partial charge in [-0.1, -0.05) is 44.2 Å². The van der Waals surface area contributed by atoms with Crippen LogP contribution in [0.5, 0.6) is 0 Å². The van der Waals surface area contributed by atoms with Crippen LogP contribution in [0.15, 0.2) is 30.3 Å². The van der Waals surface area contributed by atoms with Crippen molar-refractivity contribution in [3.05, 3.63) is 35.9 Å². The molecular formula is C19H30N2O3. The Balaban J connectivity index is 2.53. The molecule has 0 radical (unpaired) electrons. The van der Waals surface area contributed by atoms with Gasteiger partial charge in [0.15, 0.2) is 0 Å². The van der Waals surface area contributed by atoms with Gasteiger partial charge in [-0.2, -0.15) is 0 Å². The molecular weight excluding hydrogens is 304 g/mol. The number of carbonyl (C=O) groups excluding carboxylic acids is 2. The van der Waals surface area contributed by atoms with Crippen LogP contribution in [0.1, 0.15) is 46.6 Å². The molecule has 0 unspecified atom stereocenters. The summed E-state index contributed by atoms with van der Waals surface area (Å²) < 4.78 is 5.24. The van der Waals surface area contributed by atoms with E-state index < -0.39 is 17.7 Å². The van der Waals surface area contributed by atoms with Crippen molar-refractivity contribution < 1.29 is 14.3 Å². The normalized spacial score (nSPS) is 12.6. The van der Waals surface area contributed by atoms with Crippen molar-refractivity contribution in [1.29, 1.82) is 0 Å². The van der Waals surface area contributed by atoms with Crippen molar-refractivity contribution in [3.8, 4) is 0 Å². The molecule has 2 N–H and O–H groups in total. The molecule has 0 bridgehead atoms. The van der Waals surface area contributed by atoms with Crippen molar-refractivity contribution in [2.75, 3.05) is 6.54 Å². The number of rotatable bonds is 7. The highest BCUT2D eigenvalue weighted by Gasteiger charge is 2.24. The van der Waals surface area contributed by atoms with Gasteiger partial charge in [-0.05, 0) is 45.1 Å². The summed E-state index contributed by atoms with van der Waals surface area (Å²) in [6.45, 7) is 9.95. The van der Waals surface area contributed by atoms with Gasteiger partial charge in [0.05, 0.1) is 0 Å². The van der Waals surface area contributed by atoms with Crippen molar-refractivity contribution in [1.82, 2.24) is 10.6 Å². The molecule has 1 atom stereocenters. The molecule has 0 saturated heterocycles. The van der Waals surface area contributed by atoms with Crippen LogP contribution in [0, 0.1) is 5.92 Å². The lowest BCUT2D eigenvalue weighted by Gasteiger charge is -2.24. The van der Waals surface area contributed by atoms with E-state index in [9.17, 15) is 9.59 Å². The van der Waals surface area contributed by atoms with Crippen LogP contribution in [-0.2, 0) is 16.0 Å². The van der Waals surface area contributed by atoms with Gasteiger partial charge in [-0.25, -0.2) is 4.79 Å². The number of amides is 2. The molecule has 1 rings (SSSR count). The maximum atomic E-state index is 12.4. The van der Waals surface area contributed by atoms with Crippen molar-refractivity contribution >= 4 is 12.0 Å². The minimum absolute atomic E-state index is 0.175. The van der Waals surface area contributed by atoms with E-state index in [0.29, 0.717) is 13.0 Å². The van der Waals surface area contributed by atoms with Crippen LogP contribution >= 0.6 is 0 Å². The molecule has 5 heteroatoms. The molecule has 0 saturated carbocycles. The molecule has 0 aromatic heterocycles. The van der Waals surface area contributed by atoms with Crippen LogP contribution in [0.2, 0.25) is 0 Å². The van der Waals surface area contributed by atoms with E-state index in [2.05, 4.69) is 10.6 Å². The average molecular weight is 334 g/mol. The second kappa shape index (κ2) is 9.30. The first-order chi connectivity index (χ1) is 11.2. The van der Waals surface area contributed by atoms with Gasteiger partial charge in [0, 0.05) is 6.54 Å². The average Bonchev–Trinajstić information content (AvgIpc) is 2.45. The van der Waals surface area contributed by atoms with E-state index in [1.165, 1.54) is 5.56 Å². The van der Waals surface area contributed by atoms with Crippen molar-refractivity contribution in [3.63, 3.8) is 0 Å². The molecule has 0 heterocycles. The Labute approximate surface area is 145 Å². The van der Waals surface area contributed by atoms with Crippen molar-refractivity contribution in [2.24, 2.45) is 5.92 Å². The number of hydrogen-bond acceptors (Lipinski definition) is 3. The van der Waals surface area contributed by atoms with Gasteiger partial charge in [0.1, 0.15) is 11.6 Å². The summed E-state index contributed by atoms with van der Waals surface area (Å²) >= 11 is 0. The highest BCUT2D eigenvalue weighted by molar-refractivity contribution is 5.85. The number of carbonyl (C=O) groups is 2. The third-order valence-electron chi connectivity index (χ3n) is 3.27. The van der Waals surface area contributed by atoms with Gasteiger partial charge in [-0.3, -0.25) is 4.79 Å². The predicted molar refractivity (Wildman–Crippen MR) is 95.8 cm³/mol. The first kappa shape index (κ1) is 20.0. The van der Waals surface area contributed by atoms with Gasteiger partial charge < -0.3 is 15.4 Å². The van der Waals surface area contributed by atoms with Gasteiger partial charge >= 0.3 is 6.09 Å². The second-order valence-electron chi connectivity index (χ2n) is 7.35. The summed E-state index contributed by atoms with van der Waals surface area (Å²) in [6, 6.07) is 9.38. The minimum Gasteiger partial charge on any atom is -0.444 e. The molecule has 2 amide bonds. The molecule has 0 aliphatic rings. The SMILES string of the molecule is CC(C)C[C@@H](NC(=O)OC(C)(C)C)C(=O)NCCc1ccccc1. The predicted octanol–water partition coefficient (Wildman–Crippen LogP) is 3.28. The van der Waals surface area contributed by atoms with E-state index in [1.807, 2.05) is 44.2 Å². The van der Waals surface area contributed by atoms with Crippen LogP contribution in [0.4, 0.5) is 4.79 Å². The molecule has 1 aromatic carbocycles. The fourth-order valence-corrected chi connectivity index (χ4v) is 2.25. The molecule has 1 aromatic rings. The lowest BCUT2D eigenvalue weighted by molar-refractivity contribution is -0.123. The lowest BCUT2D eigenvalue weighted by atomic mass is 10.0. The summed E-state index contributed by atoms with van der Waals surface area (Å²) in [5.41, 5.74) is 0.578. The number of ether oxygens (including phenoxy) is 1. The van der Waals surface area contributed by atoms with Gasteiger partial charge in [0.25, 0.3) is 0 Å². The Hall–Kier alpha value is -2.04. The number of alkyl carbamates (subject to hydrolysis) is 1. The highest BCUT2D eigenvalue weighted by Crippen LogP contribution is 2.09. The monoisotopic (exact) mass is 334 g/mol. The topological polar surface area (TPSA) is 67.4 Å². The van der Waals surface area contributed by atoms with Crippen molar-refractivity contribution in [2.45, 2.75) is 59.1 Å². The smallest absolute Gasteiger partial charge is 0.408 e. The number of hydrogen-bond donors (Lipinski definition) is 2. The third kappa shape index (κ3) is 8.56. The number of benzene rings is 1. The standard InChI is InChI=1S/C19H30N2O3/c1-14(2)13-16(21-18(23)24-19(3,4)5)17(22)20-12-11-15-9-7-6-8-10-15/h6-10,14,16H,11-13H2,1-5H3,(H,20,22)(H,21,23)/t16-/m1/s1.